The monoisotopic (exact) mass is 400 g/mol. The van der Waals surface area contributed by atoms with Gasteiger partial charge in [-0.25, -0.2) is 0 Å². The second-order valence-electron chi connectivity index (χ2n) is 8.99. The van der Waals surface area contributed by atoms with E-state index in [9.17, 15) is 4.79 Å². The van der Waals surface area contributed by atoms with Crippen molar-refractivity contribution < 1.29 is 9.53 Å². The fraction of sp³-hybridized carbons (Fsp3) is 0.652. The number of carbonyl (C=O) groups is 1. The summed E-state index contributed by atoms with van der Waals surface area (Å²) in [6, 6.07) is 8.73. The molecule has 0 saturated heterocycles. The van der Waals surface area contributed by atoms with Crippen LogP contribution in [0.25, 0.3) is 0 Å². The van der Waals surface area contributed by atoms with Crippen molar-refractivity contribution in [3.05, 3.63) is 35.4 Å². The molecule has 1 fully saturated rings. The molecule has 1 saturated carbocycles. The van der Waals surface area contributed by atoms with E-state index < -0.39 is 0 Å². The number of hydrogen-bond donors (Lipinski definition) is 2. The Kier molecular flexibility index (Phi) is 6.52. The standard InChI is InChI=1S/C23H36N4O2/c1-22(2)19(15-23(22,3)29-5)26-21(24-4)25-13-8-11-20(28)27-14-12-17-9-6-7-10-18(17)16-27/h6-7,9-10,19H,8,11-16H2,1-5H3,(H2,24,25,26). The van der Waals surface area contributed by atoms with Crippen LogP contribution in [-0.2, 0) is 22.5 Å². The largest absolute Gasteiger partial charge is 0.378 e. The smallest absolute Gasteiger partial charge is 0.222 e. The summed E-state index contributed by atoms with van der Waals surface area (Å²) in [6.07, 6.45) is 3.25. The van der Waals surface area contributed by atoms with E-state index in [4.69, 9.17) is 4.74 Å². The van der Waals surface area contributed by atoms with Gasteiger partial charge in [-0.1, -0.05) is 38.1 Å². The van der Waals surface area contributed by atoms with Gasteiger partial charge in [0, 0.05) is 51.7 Å². The van der Waals surface area contributed by atoms with Gasteiger partial charge in [-0.2, -0.15) is 0 Å². The fourth-order valence-corrected chi connectivity index (χ4v) is 4.40. The fourth-order valence-electron chi connectivity index (χ4n) is 4.40. The molecule has 2 aliphatic rings. The molecule has 2 atom stereocenters. The van der Waals surface area contributed by atoms with Crippen LogP contribution >= 0.6 is 0 Å². The molecule has 1 aromatic carbocycles. The summed E-state index contributed by atoms with van der Waals surface area (Å²) in [5, 5.41) is 6.86. The number of hydrogen-bond acceptors (Lipinski definition) is 3. The predicted octanol–water partition coefficient (Wildman–Crippen LogP) is 2.72. The number of amides is 1. The molecule has 0 aromatic heterocycles. The Labute approximate surface area is 175 Å². The minimum atomic E-state index is -0.108. The van der Waals surface area contributed by atoms with Crippen LogP contribution in [0.5, 0.6) is 0 Å². The van der Waals surface area contributed by atoms with E-state index in [1.54, 1.807) is 14.2 Å². The van der Waals surface area contributed by atoms with Crippen LogP contribution < -0.4 is 10.6 Å². The number of aliphatic imine (C=N–C) groups is 1. The molecule has 2 N–H and O–H groups in total. The van der Waals surface area contributed by atoms with Crippen molar-refractivity contribution in [2.24, 2.45) is 10.4 Å². The minimum absolute atomic E-state index is 0.0277. The number of fused-ring (bicyclic) bond motifs is 1. The maximum absolute atomic E-state index is 12.6. The first kappa shape index (κ1) is 21.6. The van der Waals surface area contributed by atoms with Crippen molar-refractivity contribution in [1.29, 1.82) is 0 Å². The predicted molar refractivity (Wildman–Crippen MR) is 117 cm³/mol. The van der Waals surface area contributed by atoms with Crippen LogP contribution in [0.3, 0.4) is 0 Å². The number of benzene rings is 1. The zero-order valence-electron chi connectivity index (χ0n) is 18.5. The van der Waals surface area contributed by atoms with Crippen molar-refractivity contribution in [2.75, 3.05) is 27.2 Å². The van der Waals surface area contributed by atoms with Gasteiger partial charge in [-0.05, 0) is 37.3 Å². The Morgan fingerprint density at radius 3 is 2.66 bits per heavy atom. The number of ether oxygens (including phenoxy) is 1. The van der Waals surface area contributed by atoms with Crippen LogP contribution in [0.4, 0.5) is 0 Å². The quantitative estimate of drug-likeness (QED) is 0.438. The molecule has 29 heavy (non-hydrogen) atoms. The first-order valence-corrected chi connectivity index (χ1v) is 10.7. The molecule has 2 unspecified atom stereocenters. The third-order valence-electron chi connectivity index (χ3n) is 7.16. The number of rotatable bonds is 6. The Morgan fingerprint density at radius 2 is 2.00 bits per heavy atom. The van der Waals surface area contributed by atoms with E-state index in [1.165, 1.54) is 11.1 Å². The summed E-state index contributed by atoms with van der Waals surface area (Å²) >= 11 is 0. The summed E-state index contributed by atoms with van der Waals surface area (Å²) in [6.45, 7) is 8.89. The van der Waals surface area contributed by atoms with E-state index in [1.807, 2.05) is 11.0 Å². The van der Waals surface area contributed by atoms with E-state index in [0.717, 1.165) is 44.9 Å². The van der Waals surface area contributed by atoms with Gasteiger partial charge in [0.25, 0.3) is 0 Å². The van der Waals surface area contributed by atoms with Gasteiger partial charge in [0.1, 0.15) is 0 Å². The molecular weight excluding hydrogens is 364 g/mol. The Hall–Kier alpha value is -2.08. The van der Waals surface area contributed by atoms with Gasteiger partial charge in [0.05, 0.1) is 5.60 Å². The third-order valence-corrected chi connectivity index (χ3v) is 7.16. The SMILES string of the molecule is CN=C(NCCCC(=O)N1CCc2ccccc2C1)NC1CC(C)(OC)C1(C)C. The molecule has 0 bridgehead atoms. The molecule has 160 valence electrons. The molecule has 1 aliphatic carbocycles. The van der Waals surface area contributed by atoms with Gasteiger partial charge in [-0.3, -0.25) is 9.79 Å². The highest BCUT2D eigenvalue weighted by molar-refractivity contribution is 5.80. The van der Waals surface area contributed by atoms with Crippen LogP contribution in [0, 0.1) is 5.41 Å². The summed E-state index contributed by atoms with van der Waals surface area (Å²) in [5.41, 5.74) is 2.57. The average molecular weight is 401 g/mol. The molecular formula is C23H36N4O2. The van der Waals surface area contributed by atoms with Crippen molar-refractivity contribution in [2.45, 2.75) is 64.6 Å². The summed E-state index contributed by atoms with van der Waals surface area (Å²) < 4.78 is 5.70. The lowest BCUT2D eigenvalue weighted by molar-refractivity contribution is -0.176. The summed E-state index contributed by atoms with van der Waals surface area (Å²) in [7, 11) is 3.57. The highest BCUT2D eigenvalue weighted by Gasteiger charge is 2.58. The van der Waals surface area contributed by atoms with Crippen molar-refractivity contribution in [1.82, 2.24) is 15.5 Å². The second-order valence-corrected chi connectivity index (χ2v) is 8.99. The zero-order chi connectivity index (χ0) is 21.1. The number of guanidine groups is 1. The molecule has 1 aliphatic heterocycles. The third kappa shape index (κ3) is 4.42. The Morgan fingerprint density at radius 1 is 1.28 bits per heavy atom. The lowest BCUT2D eigenvalue weighted by Gasteiger charge is -2.59. The van der Waals surface area contributed by atoms with Gasteiger partial charge < -0.3 is 20.3 Å². The Balaban J connectivity index is 1.39. The van der Waals surface area contributed by atoms with E-state index in [2.05, 4.69) is 54.6 Å². The molecule has 0 radical (unpaired) electrons. The molecule has 1 aromatic rings. The number of methoxy groups -OCH3 is 1. The first-order chi connectivity index (χ1) is 13.8. The van der Waals surface area contributed by atoms with Crippen molar-refractivity contribution in [3.63, 3.8) is 0 Å². The highest BCUT2D eigenvalue weighted by Crippen LogP contribution is 2.51. The molecule has 1 heterocycles. The van der Waals surface area contributed by atoms with Gasteiger partial charge in [0.2, 0.25) is 5.91 Å². The van der Waals surface area contributed by atoms with Gasteiger partial charge >= 0.3 is 0 Å². The summed E-state index contributed by atoms with van der Waals surface area (Å²) in [4.78, 5) is 18.9. The van der Waals surface area contributed by atoms with E-state index in [-0.39, 0.29) is 16.9 Å². The van der Waals surface area contributed by atoms with Crippen LogP contribution in [-0.4, -0.2) is 55.7 Å². The summed E-state index contributed by atoms with van der Waals surface area (Å²) in [5.74, 6) is 1.03. The van der Waals surface area contributed by atoms with Crippen LogP contribution in [0.1, 0.15) is 51.2 Å². The lowest BCUT2D eigenvalue weighted by atomic mass is 9.56. The van der Waals surface area contributed by atoms with Crippen LogP contribution in [0.2, 0.25) is 0 Å². The molecule has 6 nitrogen and oxygen atoms in total. The lowest BCUT2D eigenvalue weighted by Crippen LogP contribution is -2.69. The van der Waals surface area contributed by atoms with Gasteiger partial charge in [0.15, 0.2) is 5.96 Å². The van der Waals surface area contributed by atoms with E-state index in [0.29, 0.717) is 12.5 Å². The van der Waals surface area contributed by atoms with Gasteiger partial charge in [-0.15, -0.1) is 0 Å². The van der Waals surface area contributed by atoms with Crippen molar-refractivity contribution in [3.8, 4) is 0 Å². The molecule has 1 amide bonds. The topological polar surface area (TPSA) is 66.0 Å². The van der Waals surface area contributed by atoms with Crippen molar-refractivity contribution >= 4 is 11.9 Å². The van der Waals surface area contributed by atoms with E-state index >= 15 is 0 Å². The maximum atomic E-state index is 12.6. The second kappa shape index (κ2) is 8.74. The molecule has 0 spiro atoms. The zero-order valence-corrected chi connectivity index (χ0v) is 18.5. The Bertz CT molecular complexity index is 761. The molecule has 3 rings (SSSR count). The minimum Gasteiger partial charge on any atom is -0.378 e. The number of carbonyl (C=O) groups excluding carboxylic acids is 1. The number of nitrogens with one attached hydrogen (secondary N) is 2. The van der Waals surface area contributed by atoms with Crippen LogP contribution in [0.15, 0.2) is 29.3 Å². The molecule has 6 heteroatoms. The first-order valence-electron chi connectivity index (χ1n) is 10.7. The number of nitrogens with zero attached hydrogens (tertiary/aromatic N) is 2. The normalized spacial score (nSPS) is 25.8. The highest BCUT2D eigenvalue weighted by atomic mass is 16.5. The maximum Gasteiger partial charge on any atom is 0.222 e. The average Bonchev–Trinajstić information content (AvgIpc) is 2.74.